The van der Waals surface area contributed by atoms with Crippen molar-refractivity contribution in [3.63, 3.8) is 0 Å². The fourth-order valence-corrected chi connectivity index (χ4v) is 1.28. The summed E-state index contributed by atoms with van der Waals surface area (Å²) in [6, 6.07) is 2.36. The summed E-state index contributed by atoms with van der Waals surface area (Å²) in [5, 5.41) is 0. The highest BCUT2D eigenvalue weighted by Gasteiger charge is 2.18. The van der Waals surface area contributed by atoms with Crippen molar-refractivity contribution in [1.29, 1.82) is 0 Å². The summed E-state index contributed by atoms with van der Waals surface area (Å²) in [4.78, 5) is 5.03. The first-order valence-corrected chi connectivity index (χ1v) is 3.78. The third-order valence-corrected chi connectivity index (χ3v) is 1.89. The van der Waals surface area contributed by atoms with Crippen LogP contribution < -0.4 is 5.48 Å². The summed E-state index contributed by atoms with van der Waals surface area (Å²) < 4.78 is 5.18. The van der Waals surface area contributed by atoms with Crippen molar-refractivity contribution in [2.24, 2.45) is 0 Å². The minimum absolute atomic E-state index is 0.326. The molecule has 2 rings (SSSR count). The van der Waals surface area contributed by atoms with Gasteiger partial charge in [-0.25, -0.2) is 0 Å². The van der Waals surface area contributed by atoms with Crippen molar-refractivity contribution < 1.29 is 9.25 Å². The Labute approximate surface area is 65.3 Å². The van der Waals surface area contributed by atoms with Gasteiger partial charge in [-0.1, -0.05) is 0 Å². The smallest absolute Gasteiger partial charge is 0.101 e. The Balaban J connectivity index is 2.15. The number of hydrogen-bond acceptors (Lipinski definition) is 3. The van der Waals surface area contributed by atoms with E-state index < -0.39 is 0 Å². The molecule has 0 aliphatic carbocycles. The molecular formula is C8H11NO2. The summed E-state index contributed by atoms with van der Waals surface area (Å²) in [6.45, 7) is 2.73. The van der Waals surface area contributed by atoms with Crippen molar-refractivity contribution in [2.75, 3.05) is 6.61 Å². The van der Waals surface area contributed by atoms with Crippen LogP contribution in [0.25, 0.3) is 0 Å². The minimum Gasteiger partial charge on any atom is -0.469 e. The maximum atomic E-state index is 5.18. The van der Waals surface area contributed by atoms with Crippen molar-refractivity contribution in [3.8, 4) is 0 Å². The second-order valence-electron chi connectivity index (χ2n) is 2.80. The van der Waals surface area contributed by atoms with E-state index in [-0.39, 0.29) is 0 Å². The number of rotatable bonds is 1. The van der Waals surface area contributed by atoms with Crippen LogP contribution in [0.4, 0.5) is 0 Å². The molecule has 0 spiro atoms. The van der Waals surface area contributed by atoms with Gasteiger partial charge in [0.15, 0.2) is 0 Å². The molecule has 1 saturated heterocycles. The summed E-state index contributed by atoms with van der Waals surface area (Å²) in [7, 11) is 0. The standard InChI is InChI=1S/C8H11NO2/c1-6-4-7(5-10-6)8-2-3-11-9-8/h4-5,8-9H,2-3H2,1H3/t8-/m0/s1. The lowest BCUT2D eigenvalue weighted by molar-refractivity contribution is 0.0882. The number of nitrogens with one attached hydrogen (secondary N) is 1. The number of aryl methyl sites for hydroxylation is 1. The number of hydroxylamine groups is 1. The molecule has 60 valence electrons. The topological polar surface area (TPSA) is 34.4 Å². The van der Waals surface area contributed by atoms with Gasteiger partial charge >= 0.3 is 0 Å². The van der Waals surface area contributed by atoms with Crippen LogP contribution >= 0.6 is 0 Å². The van der Waals surface area contributed by atoms with E-state index in [0.29, 0.717) is 6.04 Å². The highest BCUT2D eigenvalue weighted by Crippen LogP contribution is 2.22. The van der Waals surface area contributed by atoms with Gasteiger partial charge in [0, 0.05) is 5.56 Å². The molecule has 0 amide bonds. The van der Waals surface area contributed by atoms with Gasteiger partial charge in [-0.3, -0.25) is 0 Å². The predicted molar refractivity (Wildman–Crippen MR) is 39.9 cm³/mol. The highest BCUT2D eigenvalue weighted by atomic mass is 16.7. The molecule has 0 saturated carbocycles. The van der Waals surface area contributed by atoms with E-state index in [2.05, 4.69) is 5.48 Å². The van der Waals surface area contributed by atoms with E-state index in [0.717, 1.165) is 18.8 Å². The monoisotopic (exact) mass is 153 g/mol. The third kappa shape index (κ3) is 1.29. The van der Waals surface area contributed by atoms with Crippen molar-refractivity contribution >= 4 is 0 Å². The summed E-state index contributed by atoms with van der Waals surface area (Å²) in [5.74, 6) is 0.953. The first-order chi connectivity index (χ1) is 5.36. The Morgan fingerprint density at radius 1 is 1.64 bits per heavy atom. The lowest BCUT2D eigenvalue weighted by Crippen LogP contribution is -2.10. The summed E-state index contributed by atoms with van der Waals surface area (Å²) >= 11 is 0. The average Bonchev–Trinajstić information content (AvgIpc) is 2.55. The van der Waals surface area contributed by atoms with Gasteiger partial charge < -0.3 is 9.25 Å². The fourth-order valence-electron chi connectivity index (χ4n) is 1.28. The van der Waals surface area contributed by atoms with Gasteiger partial charge in [-0.15, -0.1) is 0 Å². The molecule has 1 aliphatic rings. The molecule has 0 unspecified atom stereocenters. The van der Waals surface area contributed by atoms with Gasteiger partial charge in [0.25, 0.3) is 0 Å². The quantitative estimate of drug-likeness (QED) is 0.664. The maximum Gasteiger partial charge on any atom is 0.101 e. The van der Waals surface area contributed by atoms with Gasteiger partial charge in [-0.2, -0.15) is 5.48 Å². The van der Waals surface area contributed by atoms with Crippen LogP contribution in [-0.4, -0.2) is 6.61 Å². The second kappa shape index (κ2) is 2.68. The highest BCUT2D eigenvalue weighted by molar-refractivity contribution is 5.16. The van der Waals surface area contributed by atoms with Crippen molar-refractivity contribution in [2.45, 2.75) is 19.4 Å². The molecular weight excluding hydrogens is 142 g/mol. The zero-order valence-corrected chi connectivity index (χ0v) is 6.46. The molecule has 1 fully saturated rings. The number of hydrogen-bond donors (Lipinski definition) is 1. The van der Waals surface area contributed by atoms with Gasteiger partial charge in [0.05, 0.1) is 18.9 Å². The van der Waals surface area contributed by atoms with E-state index in [4.69, 9.17) is 9.25 Å². The molecule has 1 aromatic heterocycles. The van der Waals surface area contributed by atoms with Crippen LogP contribution in [0.1, 0.15) is 23.8 Å². The molecule has 0 aromatic carbocycles. The molecule has 1 aromatic rings. The largest absolute Gasteiger partial charge is 0.469 e. The first-order valence-electron chi connectivity index (χ1n) is 3.78. The van der Waals surface area contributed by atoms with Crippen LogP contribution in [-0.2, 0) is 4.84 Å². The molecule has 2 heterocycles. The third-order valence-electron chi connectivity index (χ3n) is 1.89. The first kappa shape index (κ1) is 6.88. The molecule has 1 aliphatic heterocycles. The lowest BCUT2D eigenvalue weighted by Gasteiger charge is -2.02. The molecule has 0 bridgehead atoms. The predicted octanol–water partition coefficient (Wildman–Crippen LogP) is 1.55. The van der Waals surface area contributed by atoms with Crippen LogP contribution in [0, 0.1) is 6.92 Å². The fraction of sp³-hybridized carbons (Fsp3) is 0.500. The van der Waals surface area contributed by atoms with Gasteiger partial charge in [0.1, 0.15) is 5.76 Å². The molecule has 3 nitrogen and oxygen atoms in total. The van der Waals surface area contributed by atoms with Crippen LogP contribution in [0.5, 0.6) is 0 Å². The minimum atomic E-state index is 0.326. The Morgan fingerprint density at radius 3 is 3.09 bits per heavy atom. The Bertz CT molecular complexity index is 238. The van der Waals surface area contributed by atoms with Gasteiger partial charge in [-0.05, 0) is 19.4 Å². The summed E-state index contributed by atoms with van der Waals surface area (Å²) in [5.41, 5.74) is 4.11. The summed E-state index contributed by atoms with van der Waals surface area (Å²) in [6.07, 6.45) is 2.81. The van der Waals surface area contributed by atoms with E-state index in [1.54, 1.807) is 6.26 Å². The Hall–Kier alpha value is -0.800. The van der Waals surface area contributed by atoms with Crippen molar-refractivity contribution in [3.05, 3.63) is 23.7 Å². The number of furan rings is 1. The van der Waals surface area contributed by atoms with E-state index in [9.17, 15) is 0 Å². The van der Waals surface area contributed by atoms with E-state index in [1.165, 1.54) is 5.56 Å². The SMILES string of the molecule is Cc1cc([C@@H]2CCON2)co1. The molecule has 11 heavy (non-hydrogen) atoms. The molecule has 0 radical (unpaired) electrons. The lowest BCUT2D eigenvalue weighted by atomic mass is 10.1. The molecule has 1 N–H and O–H groups in total. The Kier molecular flexibility index (Phi) is 1.68. The molecule has 1 atom stereocenters. The average molecular weight is 153 g/mol. The maximum absolute atomic E-state index is 5.18. The Morgan fingerprint density at radius 2 is 2.55 bits per heavy atom. The van der Waals surface area contributed by atoms with Gasteiger partial charge in [0.2, 0.25) is 0 Å². The van der Waals surface area contributed by atoms with Crippen molar-refractivity contribution in [1.82, 2.24) is 5.48 Å². The van der Waals surface area contributed by atoms with Crippen LogP contribution in [0.3, 0.4) is 0 Å². The normalized spacial score (nSPS) is 24.3. The molecule has 3 heteroatoms. The zero-order valence-electron chi connectivity index (χ0n) is 6.46. The van der Waals surface area contributed by atoms with Crippen LogP contribution in [0.2, 0.25) is 0 Å². The van der Waals surface area contributed by atoms with E-state index >= 15 is 0 Å². The van der Waals surface area contributed by atoms with Crippen LogP contribution in [0.15, 0.2) is 16.7 Å². The zero-order chi connectivity index (χ0) is 7.68. The second-order valence-corrected chi connectivity index (χ2v) is 2.80. The van der Waals surface area contributed by atoms with E-state index in [1.807, 2.05) is 13.0 Å².